The highest BCUT2D eigenvalue weighted by Gasteiger charge is 2.42. The normalized spacial score (nSPS) is 19.0. The summed E-state index contributed by atoms with van der Waals surface area (Å²) in [5.41, 5.74) is 7.69. The molecule has 4 N–H and O–H groups in total. The molecule has 6 nitrogen and oxygen atoms in total. The number of amidine groups is 1. The molecule has 1 aromatic heterocycles. The summed E-state index contributed by atoms with van der Waals surface area (Å²) < 4.78 is 0. The fraction of sp³-hybridized carbons (Fsp3) is 0.643. The van der Waals surface area contributed by atoms with Gasteiger partial charge in [0.2, 0.25) is 5.91 Å². The summed E-state index contributed by atoms with van der Waals surface area (Å²) in [5.74, 6) is -0.115. The van der Waals surface area contributed by atoms with Crippen molar-refractivity contribution >= 4 is 23.1 Å². The number of amides is 1. The zero-order chi connectivity index (χ0) is 15.3. The molecule has 1 heterocycles. The van der Waals surface area contributed by atoms with E-state index in [4.69, 9.17) is 10.9 Å². The molecular weight excluding hydrogens is 288 g/mol. The smallest absolute Gasteiger partial charge is 0.234 e. The van der Waals surface area contributed by atoms with Gasteiger partial charge in [-0.25, -0.2) is 4.98 Å². The van der Waals surface area contributed by atoms with Crippen molar-refractivity contribution in [3.63, 3.8) is 0 Å². The van der Waals surface area contributed by atoms with Crippen LogP contribution in [-0.2, 0) is 11.3 Å². The lowest BCUT2D eigenvalue weighted by Crippen LogP contribution is -2.49. The largest absolute Gasteiger partial charge is 0.409 e. The number of hydrogen-bond donors (Lipinski definition) is 3. The molecule has 0 atom stereocenters. The third-order valence-electron chi connectivity index (χ3n) is 4.24. The van der Waals surface area contributed by atoms with Gasteiger partial charge in [-0.1, -0.05) is 30.8 Å². The molecule has 0 unspecified atom stereocenters. The van der Waals surface area contributed by atoms with Gasteiger partial charge in [0.1, 0.15) is 5.41 Å². The molecule has 21 heavy (non-hydrogen) atoms. The van der Waals surface area contributed by atoms with E-state index < -0.39 is 5.41 Å². The maximum Gasteiger partial charge on any atom is 0.234 e. The molecule has 0 spiro atoms. The Bertz CT molecular complexity index is 519. The first-order valence-electron chi connectivity index (χ1n) is 7.25. The van der Waals surface area contributed by atoms with Gasteiger partial charge in [-0.2, -0.15) is 0 Å². The second-order valence-corrected chi connectivity index (χ2v) is 6.46. The highest BCUT2D eigenvalue weighted by atomic mass is 32.1. The molecule has 0 aliphatic heterocycles. The molecular formula is C14H22N4O2S. The van der Waals surface area contributed by atoms with E-state index in [2.05, 4.69) is 15.5 Å². The van der Waals surface area contributed by atoms with Crippen molar-refractivity contribution in [3.05, 3.63) is 16.1 Å². The first-order valence-corrected chi connectivity index (χ1v) is 8.13. The third-order valence-corrected chi connectivity index (χ3v) is 5.18. The Morgan fingerprint density at radius 2 is 2.14 bits per heavy atom. The number of nitrogens with two attached hydrogens (primary N) is 1. The first-order chi connectivity index (χ1) is 10.1. The Morgan fingerprint density at radius 3 is 2.67 bits per heavy atom. The first kappa shape index (κ1) is 15.8. The van der Waals surface area contributed by atoms with Crippen LogP contribution in [0.25, 0.3) is 0 Å². The predicted octanol–water partition coefficient (Wildman–Crippen LogP) is 2.15. The van der Waals surface area contributed by atoms with E-state index in [1.165, 1.54) is 11.3 Å². The number of thiazole rings is 1. The van der Waals surface area contributed by atoms with Crippen molar-refractivity contribution < 1.29 is 10.0 Å². The summed E-state index contributed by atoms with van der Waals surface area (Å²) in [4.78, 5) is 17.9. The predicted molar refractivity (Wildman–Crippen MR) is 82.2 cm³/mol. The van der Waals surface area contributed by atoms with Crippen LogP contribution in [0.3, 0.4) is 0 Å². The van der Waals surface area contributed by atoms with Crippen LogP contribution in [0.1, 0.15) is 49.1 Å². The van der Waals surface area contributed by atoms with E-state index >= 15 is 0 Å². The van der Waals surface area contributed by atoms with Gasteiger partial charge in [-0.05, 0) is 19.8 Å². The summed E-state index contributed by atoms with van der Waals surface area (Å²) in [5, 5.41) is 15.1. The topological polar surface area (TPSA) is 101 Å². The highest BCUT2D eigenvalue weighted by Crippen LogP contribution is 2.35. The molecule has 1 aliphatic rings. The maximum absolute atomic E-state index is 12.7. The van der Waals surface area contributed by atoms with Gasteiger partial charge in [0, 0.05) is 4.88 Å². The number of carbonyl (C=O) groups excluding carboxylic acids is 1. The number of oxime groups is 1. The highest BCUT2D eigenvalue weighted by molar-refractivity contribution is 7.09. The number of aromatic nitrogens is 1. The molecule has 1 fully saturated rings. The summed E-state index contributed by atoms with van der Waals surface area (Å²) in [7, 11) is 0. The van der Waals surface area contributed by atoms with Crippen LogP contribution >= 0.6 is 11.3 Å². The van der Waals surface area contributed by atoms with E-state index in [1.54, 1.807) is 5.51 Å². The average molecular weight is 310 g/mol. The Kier molecular flexibility index (Phi) is 5.17. The van der Waals surface area contributed by atoms with Crippen LogP contribution in [-0.4, -0.2) is 21.9 Å². The molecule has 2 rings (SSSR count). The minimum Gasteiger partial charge on any atom is -0.409 e. The average Bonchev–Trinajstić information content (AvgIpc) is 2.76. The van der Waals surface area contributed by atoms with Crippen LogP contribution in [0.4, 0.5) is 0 Å². The second-order valence-electron chi connectivity index (χ2n) is 5.53. The lowest BCUT2D eigenvalue weighted by molar-refractivity contribution is -0.128. The van der Waals surface area contributed by atoms with Crippen molar-refractivity contribution in [2.45, 2.75) is 52.0 Å². The van der Waals surface area contributed by atoms with Crippen molar-refractivity contribution in [3.8, 4) is 0 Å². The lowest BCUT2D eigenvalue weighted by atomic mass is 9.78. The number of rotatable bonds is 4. The fourth-order valence-electron chi connectivity index (χ4n) is 2.85. The molecule has 0 radical (unpaired) electrons. The van der Waals surface area contributed by atoms with Crippen LogP contribution in [0.2, 0.25) is 0 Å². The number of carbonyl (C=O) groups is 1. The summed E-state index contributed by atoms with van der Waals surface area (Å²) in [6, 6.07) is 0. The zero-order valence-corrected chi connectivity index (χ0v) is 13.1. The van der Waals surface area contributed by atoms with Crippen LogP contribution in [0, 0.1) is 12.3 Å². The van der Waals surface area contributed by atoms with Gasteiger partial charge in [-0.3, -0.25) is 4.79 Å². The molecule has 116 valence electrons. The molecule has 0 bridgehead atoms. The van der Waals surface area contributed by atoms with Crippen molar-refractivity contribution in [1.29, 1.82) is 0 Å². The summed E-state index contributed by atoms with van der Waals surface area (Å²) >= 11 is 1.52. The number of hydrogen-bond acceptors (Lipinski definition) is 5. The molecule has 7 heteroatoms. The van der Waals surface area contributed by atoms with Crippen molar-refractivity contribution in [2.75, 3.05) is 0 Å². The van der Waals surface area contributed by atoms with Gasteiger partial charge >= 0.3 is 0 Å². The Balaban J connectivity index is 2.12. The quantitative estimate of drug-likeness (QED) is 0.261. The van der Waals surface area contributed by atoms with Gasteiger partial charge in [0.25, 0.3) is 0 Å². The van der Waals surface area contributed by atoms with E-state index in [9.17, 15) is 4.79 Å². The second kappa shape index (κ2) is 6.89. The zero-order valence-electron chi connectivity index (χ0n) is 12.3. The minimum absolute atomic E-state index is 0.0305. The Hall–Kier alpha value is -1.63. The molecule has 1 amide bonds. The van der Waals surface area contributed by atoms with Gasteiger partial charge in [0.05, 0.1) is 17.7 Å². The summed E-state index contributed by atoms with van der Waals surface area (Å²) in [6.45, 7) is 2.36. The summed E-state index contributed by atoms with van der Waals surface area (Å²) in [6.07, 6.45) is 5.28. The van der Waals surface area contributed by atoms with Crippen molar-refractivity contribution in [1.82, 2.24) is 10.3 Å². The lowest BCUT2D eigenvalue weighted by Gasteiger charge is -2.29. The monoisotopic (exact) mass is 310 g/mol. The van der Waals surface area contributed by atoms with Crippen LogP contribution < -0.4 is 11.1 Å². The minimum atomic E-state index is -0.871. The molecule has 0 aromatic carbocycles. The van der Waals surface area contributed by atoms with Gasteiger partial charge in [0.15, 0.2) is 5.84 Å². The Morgan fingerprint density at radius 1 is 1.48 bits per heavy atom. The van der Waals surface area contributed by atoms with Crippen LogP contribution in [0.15, 0.2) is 10.7 Å². The van der Waals surface area contributed by atoms with Gasteiger partial charge < -0.3 is 16.3 Å². The SMILES string of the molecule is Cc1ncsc1CNC(=O)C1(C(N)=NO)CCCCCC1. The Labute approximate surface area is 128 Å². The standard InChI is InChI=1S/C14H22N4O2S/c1-10-11(21-9-17-10)8-16-13(19)14(12(15)18-20)6-4-2-3-5-7-14/h9,20H,2-8H2,1H3,(H2,15,18)(H,16,19). The number of aryl methyl sites for hydroxylation is 1. The van der Waals surface area contributed by atoms with E-state index in [0.29, 0.717) is 19.4 Å². The van der Waals surface area contributed by atoms with E-state index in [1.807, 2.05) is 6.92 Å². The molecule has 1 aliphatic carbocycles. The van der Waals surface area contributed by atoms with Crippen molar-refractivity contribution in [2.24, 2.45) is 16.3 Å². The fourth-order valence-corrected chi connectivity index (χ4v) is 3.57. The maximum atomic E-state index is 12.7. The third kappa shape index (κ3) is 3.34. The van der Waals surface area contributed by atoms with Crippen LogP contribution in [0.5, 0.6) is 0 Å². The van der Waals surface area contributed by atoms with E-state index in [0.717, 1.165) is 36.3 Å². The number of nitrogens with one attached hydrogen (secondary N) is 1. The molecule has 1 aromatic rings. The molecule has 1 saturated carbocycles. The number of nitrogens with zero attached hydrogens (tertiary/aromatic N) is 2. The van der Waals surface area contributed by atoms with E-state index in [-0.39, 0.29) is 11.7 Å². The van der Waals surface area contributed by atoms with Gasteiger partial charge in [-0.15, -0.1) is 11.3 Å². The molecule has 0 saturated heterocycles.